The summed E-state index contributed by atoms with van der Waals surface area (Å²) in [6.45, 7) is 11.9. The predicted octanol–water partition coefficient (Wildman–Crippen LogP) is 2.54. The molecule has 0 heterocycles. The van der Waals surface area contributed by atoms with Gasteiger partial charge in [-0.3, -0.25) is 14.9 Å². The van der Waals surface area contributed by atoms with E-state index in [1.807, 2.05) is 20.8 Å². The average molecular weight is 376 g/mol. The smallest absolute Gasteiger partial charge is 0.407 e. The summed E-state index contributed by atoms with van der Waals surface area (Å²) in [5.41, 5.74) is -1.24. The Bertz CT molecular complexity index is 480. The Kier molecular flexibility index (Phi) is 9.55. The number of nitro groups is 1. The van der Waals surface area contributed by atoms with Crippen molar-refractivity contribution in [1.82, 2.24) is 5.32 Å². The highest BCUT2D eigenvalue weighted by atomic mass is 16.6. The fourth-order valence-corrected chi connectivity index (χ4v) is 2.05. The number of nitrogens with zero attached hydrogens (tertiary/aromatic N) is 1. The molecule has 0 aromatic heterocycles. The number of carbonyl (C=O) groups is 2. The van der Waals surface area contributed by atoms with Crippen LogP contribution in [0.3, 0.4) is 0 Å². The van der Waals surface area contributed by atoms with Gasteiger partial charge in [0.1, 0.15) is 5.60 Å². The molecule has 0 spiro atoms. The number of hydrogen-bond donors (Lipinski definition) is 1. The Morgan fingerprint density at radius 1 is 1.12 bits per heavy atom. The Labute approximate surface area is 154 Å². The maximum Gasteiger partial charge on any atom is 0.407 e. The minimum Gasteiger partial charge on any atom is -0.466 e. The first-order valence-electron chi connectivity index (χ1n) is 8.64. The van der Waals surface area contributed by atoms with Crippen LogP contribution in [0.1, 0.15) is 54.9 Å². The summed E-state index contributed by atoms with van der Waals surface area (Å²) in [4.78, 5) is 34.5. The largest absolute Gasteiger partial charge is 0.466 e. The molecule has 2 atom stereocenters. The van der Waals surface area contributed by atoms with Gasteiger partial charge < -0.3 is 19.5 Å². The number of rotatable bonds is 9. The van der Waals surface area contributed by atoms with Crippen LogP contribution in [0.4, 0.5) is 4.79 Å². The van der Waals surface area contributed by atoms with Crippen LogP contribution in [0.2, 0.25) is 0 Å². The SMILES string of the molecule is CCOC(=O)C[C@H](C[N+](=O)[O-])[C@H](COC(C)(C)C)NC(=O)OC(C)(C)C. The van der Waals surface area contributed by atoms with E-state index in [-0.39, 0.29) is 19.6 Å². The van der Waals surface area contributed by atoms with Crippen LogP contribution in [0, 0.1) is 16.0 Å². The minimum absolute atomic E-state index is 0.000649. The Morgan fingerprint density at radius 3 is 2.12 bits per heavy atom. The number of esters is 1. The fourth-order valence-electron chi connectivity index (χ4n) is 2.05. The molecule has 0 radical (unpaired) electrons. The first-order valence-corrected chi connectivity index (χ1v) is 8.64. The molecule has 152 valence electrons. The highest BCUT2D eigenvalue weighted by Crippen LogP contribution is 2.17. The van der Waals surface area contributed by atoms with E-state index in [1.165, 1.54) is 0 Å². The predicted molar refractivity (Wildman–Crippen MR) is 95.5 cm³/mol. The van der Waals surface area contributed by atoms with Gasteiger partial charge in [0, 0.05) is 4.92 Å². The molecule has 0 fully saturated rings. The van der Waals surface area contributed by atoms with Gasteiger partial charge in [-0.15, -0.1) is 0 Å². The van der Waals surface area contributed by atoms with Crippen molar-refractivity contribution in [3.63, 3.8) is 0 Å². The highest BCUT2D eigenvalue weighted by Gasteiger charge is 2.33. The van der Waals surface area contributed by atoms with E-state index >= 15 is 0 Å². The molecule has 0 bridgehead atoms. The number of nitrogens with one attached hydrogen (secondary N) is 1. The highest BCUT2D eigenvalue weighted by molar-refractivity contribution is 5.70. The molecule has 1 N–H and O–H groups in total. The van der Waals surface area contributed by atoms with E-state index in [0.717, 1.165) is 0 Å². The summed E-state index contributed by atoms with van der Waals surface area (Å²) in [5, 5.41) is 13.6. The van der Waals surface area contributed by atoms with E-state index in [2.05, 4.69) is 5.32 Å². The number of ether oxygens (including phenoxy) is 3. The molecular formula is C17H32N2O7. The number of alkyl carbamates (subject to hydrolysis) is 1. The first-order chi connectivity index (χ1) is 11.7. The van der Waals surface area contributed by atoms with Crippen molar-refractivity contribution in [2.75, 3.05) is 19.8 Å². The minimum atomic E-state index is -0.793. The molecule has 0 aliphatic heterocycles. The van der Waals surface area contributed by atoms with Crippen LogP contribution in [0.15, 0.2) is 0 Å². The third-order valence-corrected chi connectivity index (χ3v) is 3.08. The fraction of sp³-hybridized carbons (Fsp3) is 0.882. The van der Waals surface area contributed by atoms with Crippen LogP contribution in [-0.2, 0) is 19.0 Å². The van der Waals surface area contributed by atoms with E-state index in [1.54, 1.807) is 27.7 Å². The van der Waals surface area contributed by atoms with Crippen molar-refractivity contribution in [1.29, 1.82) is 0 Å². The maximum absolute atomic E-state index is 12.1. The van der Waals surface area contributed by atoms with Crippen LogP contribution < -0.4 is 5.32 Å². The standard InChI is InChI=1S/C17H32N2O7/c1-8-24-14(20)9-12(10-19(22)23)13(11-25-16(2,3)4)18-15(21)26-17(5,6)7/h12-13H,8-11H2,1-7H3,(H,18,21)/t12-,13+/m1/s1. The number of hydrogen-bond acceptors (Lipinski definition) is 7. The normalized spacial score (nSPS) is 14.3. The molecular weight excluding hydrogens is 344 g/mol. The molecule has 0 aromatic rings. The summed E-state index contributed by atoms with van der Waals surface area (Å²) in [6, 6.07) is -0.779. The Hall–Kier alpha value is -1.90. The van der Waals surface area contributed by atoms with Crippen molar-refractivity contribution in [2.24, 2.45) is 5.92 Å². The summed E-state index contributed by atoms with van der Waals surface area (Å²) >= 11 is 0. The second-order valence-electron chi connectivity index (χ2n) is 7.96. The lowest BCUT2D eigenvalue weighted by molar-refractivity contribution is -0.489. The third-order valence-electron chi connectivity index (χ3n) is 3.08. The van der Waals surface area contributed by atoms with Crippen LogP contribution in [-0.4, -0.2) is 54.0 Å². The second-order valence-corrected chi connectivity index (χ2v) is 7.96. The van der Waals surface area contributed by atoms with Gasteiger partial charge >= 0.3 is 12.1 Å². The van der Waals surface area contributed by atoms with Gasteiger partial charge in [0.15, 0.2) is 0 Å². The number of carbonyl (C=O) groups excluding carboxylic acids is 2. The summed E-state index contributed by atoms with van der Waals surface area (Å²) in [5.74, 6) is -1.36. The maximum atomic E-state index is 12.1. The van der Waals surface area contributed by atoms with Crippen molar-refractivity contribution in [3.8, 4) is 0 Å². The average Bonchev–Trinajstić information content (AvgIpc) is 2.39. The second kappa shape index (κ2) is 10.3. The van der Waals surface area contributed by atoms with Crippen LogP contribution >= 0.6 is 0 Å². The molecule has 0 aromatic carbocycles. The zero-order valence-corrected chi connectivity index (χ0v) is 16.8. The van der Waals surface area contributed by atoms with E-state index < -0.39 is 46.7 Å². The quantitative estimate of drug-likeness (QED) is 0.373. The molecule has 26 heavy (non-hydrogen) atoms. The van der Waals surface area contributed by atoms with Crippen molar-refractivity contribution in [2.45, 2.75) is 72.1 Å². The summed E-state index contributed by atoms with van der Waals surface area (Å²) in [6.07, 6.45) is -0.930. The van der Waals surface area contributed by atoms with Gasteiger partial charge in [-0.25, -0.2) is 4.79 Å². The van der Waals surface area contributed by atoms with E-state index in [4.69, 9.17) is 14.2 Å². The van der Waals surface area contributed by atoms with Crippen LogP contribution in [0.5, 0.6) is 0 Å². The third kappa shape index (κ3) is 12.5. The van der Waals surface area contributed by atoms with Gasteiger partial charge in [-0.2, -0.15) is 0 Å². The van der Waals surface area contributed by atoms with Gasteiger partial charge in [0.05, 0.1) is 37.2 Å². The van der Waals surface area contributed by atoms with Gasteiger partial charge in [0.2, 0.25) is 6.54 Å². The summed E-state index contributed by atoms with van der Waals surface area (Å²) in [7, 11) is 0. The topological polar surface area (TPSA) is 117 Å². The van der Waals surface area contributed by atoms with Crippen molar-refractivity contribution >= 4 is 12.1 Å². The number of amides is 1. The Morgan fingerprint density at radius 2 is 1.69 bits per heavy atom. The molecule has 0 saturated heterocycles. The lowest BCUT2D eigenvalue weighted by atomic mass is 9.96. The van der Waals surface area contributed by atoms with Gasteiger partial charge in [0.25, 0.3) is 0 Å². The summed E-state index contributed by atoms with van der Waals surface area (Å²) < 4.78 is 15.8. The molecule has 0 unspecified atom stereocenters. The van der Waals surface area contributed by atoms with Gasteiger partial charge in [-0.05, 0) is 48.5 Å². The van der Waals surface area contributed by atoms with E-state index in [9.17, 15) is 19.7 Å². The first kappa shape index (κ1) is 24.1. The monoisotopic (exact) mass is 376 g/mol. The molecule has 9 nitrogen and oxygen atoms in total. The van der Waals surface area contributed by atoms with Crippen LogP contribution in [0.25, 0.3) is 0 Å². The lowest BCUT2D eigenvalue weighted by Crippen LogP contribution is -2.49. The zero-order valence-electron chi connectivity index (χ0n) is 16.8. The van der Waals surface area contributed by atoms with E-state index in [0.29, 0.717) is 0 Å². The molecule has 0 aliphatic carbocycles. The molecule has 0 saturated carbocycles. The van der Waals surface area contributed by atoms with Crippen molar-refractivity contribution in [3.05, 3.63) is 10.1 Å². The Balaban J connectivity index is 5.31. The van der Waals surface area contributed by atoms with Gasteiger partial charge in [-0.1, -0.05) is 0 Å². The molecule has 1 amide bonds. The van der Waals surface area contributed by atoms with Crippen molar-refractivity contribution < 1.29 is 28.7 Å². The molecule has 0 aliphatic rings. The lowest BCUT2D eigenvalue weighted by Gasteiger charge is -2.30. The molecule has 9 heteroatoms. The zero-order chi connectivity index (χ0) is 20.5. The molecule has 0 rings (SSSR count).